The van der Waals surface area contributed by atoms with Gasteiger partial charge in [-0.15, -0.1) is 0 Å². The van der Waals surface area contributed by atoms with Crippen LogP contribution in [0.1, 0.15) is 39.2 Å². The van der Waals surface area contributed by atoms with Gasteiger partial charge in [-0.05, 0) is 51.3 Å². The fraction of sp³-hybridized carbons (Fsp3) is 0.579. The zero-order chi connectivity index (χ0) is 18.8. The van der Waals surface area contributed by atoms with E-state index in [1.807, 2.05) is 26.8 Å². The monoisotopic (exact) mass is 360 g/mol. The number of carbonyl (C=O) groups excluding carboxylic acids is 1. The summed E-state index contributed by atoms with van der Waals surface area (Å²) in [7, 11) is 1.71. The van der Waals surface area contributed by atoms with Crippen molar-refractivity contribution in [1.82, 2.24) is 16.0 Å². The van der Waals surface area contributed by atoms with Gasteiger partial charge in [-0.25, -0.2) is 0 Å². The van der Waals surface area contributed by atoms with Gasteiger partial charge in [0.1, 0.15) is 0 Å². The second-order valence-corrected chi connectivity index (χ2v) is 7.93. The predicted octanol–water partition coefficient (Wildman–Crippen LogP) is 1.53. The molecule has 1 aliphatic heterocycles. The van der Waals surface area contributed by atoms with Gasteiger partial charge in [0.2, 0.25) is 12.7 Å². The first-order chi connectivity index (χ1) is 12.3. The molecule has 1 amide bonds. The average Bonchev–Trinajstić information content (AvgIpc) is 3.22. The van der Waals surface area contributed by atoms with Crippen LogP contribution in [0, 0.1) is 0 Å². The minimum Gasteiger partial charge on any atom is -0.454 e. The van der Waals surface area contributed by atoms with E-state index in [9.17, 15) is 4.79 Å². The number of amides is 1. The summed E-state index contributed by atoms with van der Waals surface area (Å²) in [4.78, 5) is 16.1. The molecule has 1 aromatic rings. The number of fused-ring (bicyclic) bond motifs is 1. The molecule has 0 bridgehead atoms. The summed E-state index contributed by atoms with van der Waals surface area (Å²) in [5, 5.41) is 9.33. The van der Waals surface area contributed by atoms with Crippen molar-refractivity contribution >= 4 is 11.9 Å². The standard InChI is InChI=1S/C19H28N4O3/c1-18(2,3)23-16(24)10-21-17(20-4)22-11-19(7-8-19)13-5-6-14-15(9-13)26-12-25-14/h5-6,9H,7-8,10-12H2,1-4H3,(H,23,24)(H2,20,21,22). The Bertz CT molecular complexity index is 705. The van der Waals surface area contributed by atoms with Crippen LogP contribution in [0.25, 0.3) is 0 Å². The zero-order valence-corrected chi connectivity index (χ0v) is 15.9. The van der Waals surface area contributed by atoms with Gasteiger partial charge in [0, 0.05) is 24.5 Å². The van der Waals surface area contributed by atoms with Gasteiger partial charge in [0.15, 0.2) is 17.5 Å². The second-order valence-electron chi connectivity index (χ2n) is 7.93. The van der Waals surface area contributed by atoms with Gasteiger partial charge in [-0.3, -0.25) is 9.79 Å². The largest absolute Gasteiger partial charge is 0.454 e. The van der Waals surface area contributed by atoms with Crippen LogP contribution in [-0.2, 0) is 10.2 Å². The van der Waals surface area contributed by atoms with Crippen molar-refractivity contribution in [1.29, 1.82) is 0 Å². The maximum atomic E-state index is 11.9. The Labute approximate surface area is 154 Å². The molecule has 0 unspecified atom stereocenters. The molecule has 142 valence electrons. The summed E-state index contributed by atoms with van der Waals surface area (Å²) in [6.45, 7) is 7.11. The highest BCUT2D eigenvalue weighted by atomic mass is 16.7. The van der Waals surface area contributed by atoms with Crippen molar-refractivity contribution in [3.05, 3.63) is 23.8 Å². The third kappa shape index (κ3) is 4.39. The van der Waals surface area contributed by atoms with Crippen molar-refractivity contribution in [2.24, 2.45) is 4.99 Å². The molecule has 7 heteroatoms. The molecule has 3 rings (SSSR count). The number of hydrogen-bond acceptors (Lipinski definition) is 4. The second kappa shape index (κ2) is 7.05. The molecule has 26 heavy (non-hydrogen) atoms. The van der Waals surface area contributed by atoms with E-state index in [0.29, 0.717) is 5.96 Å². The summed E-state index contributed by atoms with van der Waals surface area (Å²) in [5.74, 6) is 2.19. The summed E-state index contributed by atoms with van der Waals surface area (Å²) < 4.78 is 10.9. The van der Waals surface area contributed by atoms with Crippen LogP contribution in [0.15, 0.2) is 23.2 Å². The quantitative estimate of drug-likeness (QED) is 0.548. The van der Waals surface area contributed by atoms with Gasteiger partial charge < -0.3 is 25.4 Å². The summed E-state index contributed by atoms with van der Waals surface area (Å²) in [6, 6.07) is 6.15. The molecule has 0 radical (unpaired) electrons. The van der Waals surface area contributed by atoms with Gasteiger partial charge in [-0.1, -0.05) is 6.07 Å². The molecular formula is C19H28N4O3. The topological polar surface area (TPSA) is 84.0 Å². The highest BCUT2D eigenvalue weighted by Crippen LogP contribution is 2.49. The molecule has 1 heterocycles. The fourth-order valence-electron chi connectivity index (χ4n) is 3.04. The molecule has 1 aliphatic carbocycles. The fourth-order valence-corrected chi connectivity index (χ4v) is 3.04. The Kier molecular flexibility index (Phi) is 4.98. The van der Waals surface area contributed by atoms with Gasteiger partial charge >= 0.3 is 0 Å². The van der Waals surface area contributed by atoms with Crippen LogP contribution in [0.3, 0.4) is 0 Å². The molecule has 0 spiro atoms. The number of ether oxygens (including phenoxy) is 2. The van der Waals surface area contributed by atoms with Crippen molar-refractivity contribution < 1.29 is 14.3 Å². The first-order valence-corrected chi connectivity index (χ1v) is 8.97. The number of nitrogens with zero attached hydrogens (tertiary/aromatic N) is 1. The van der Waals surface area contributed by atoms with Crippen LogP contribution in [0.2, 0.25) is 0 Å². The summed E-state index contributed by atoms with van der Waals surface area (Å²) >= 11 is 0. The number of nitrogens with one attached hydrogen (secondary N) is 3. The Morgan fingerprint density at radius 1 is 1.19 bits per heavy atom. The lowest BCUT2D eigenvalue weighted by molar-refractivity contribution is -0.121. The lowest BCUT2D eigenvalue weighted by atomic mass is 9.95. The van der Waals surface area contributed by atoms with Crippen molar-refractivity contribution in [2.75, 3.05) is 26.9 Å². The van der Waals surface area contributed by atoms with Gasteiger partial charge in [0.25, 0.3) is 0 Å². The maximum absolute atomic E-state index is 11.9. The number of aliphatic imine (C=N–C) groups is 1. The first kappa shape index (κ1) is 18.4. The van der Waals surface area contributed by atoms with E-state index in [4.69, 9.17) is 9.47 Å². The molecule has 1 fully saturated rings. The van der Waals surface area contributed by atoms with E-state index in [0.717, 1.165) is 30.9 Å². The van der Waals surface area contributed by atoms with E-state index >= 15 is 0 Å². The molecule has 3 N–H and O–H groups in total. The molecule has 1 saturated carbocycles. The molecule has 2 aliphatic rings. The molecular weight excluding hydrogens is 332 g/mol. The Morgan fingerprint density at radius 3 is 2.58 bits per heavy atom. The Balaban J connectivity index is 1.53. The molecule has 0 saturated heterocycles. The highest BCUT2D eigenvalue weighted by molar-refractivity contribution is 5.86. The zero-order valence-electron chi connectivity index (χ0n) is 15.9. The Hall–Kier alpha value is -2.44. The smallest absolute Gasteiger partial charge is 0.239 e. The van der Waals surface area contributed by atoms with Crippen LogP contribution >= 0.6 is 0 Å². The lowest BCUT2D eigenvalue weighted by Crippen LogP contribution is -2.49. The highest BCUT2D eigenvalue weighted by Gasteiger charge is 2.44. The summed E-state index contributed by atoms with van der Waals surface area (Å²) in [6.07, 6.45) is 2.22. The van der Waals surface area contributed by atoms with E-state index in [-0.39, 0.29) is 30.2 Å². The minimum atomic E-state index is -0.243. The van der Waals surface area contributed by atoms with Crippen LogP contribution < -0.4 is 25.4 Å². The van der Waals surface area contributed by atoms with E-state index in [1.54, 1.807) is 7.05 Å². The normalized spacial score (nSPS) is 17.6. The van der Waals surface area contributed by atoms with E-state index in [1.165, 1.54) is 5.56 Å². The maximum Gasteiger partial charge on any atom is 0.239 e. The number of guanidine groups is 1. The van der Waals surface area contributed by atoms with Crippen molar-refractivity contribution in [3.63, 3.8) is 0 Å². The third-order valence-electron chi connectivity index (χ3n) is 4.59. The molecule has 7 nitrogen and oxygen atoms in total. The summed E-state index contributed by atoms with van der Waals surface area (Å²) in [5.41, 5.74) is 1.09. The van der Waals surface area contributed by atoms with Crippen LogP contribution in [0.5, 0.6) is 11.5 Å². The Morgan fingerprint density at radius 2 is 1.92 bits per heavy atom. The van der Waals surface area contributed by atoms with E-state index in [2.05, 4.69) is 33.1 Å². The number of rotatable bonds is 5. The number of benzene rings is 1. The minimum absolute atomic E-state index is 0.0580. The lowest BCUT2D eigenvalue weighted by Gasteiger charge is -2.22. The van der Waals surface area contributed by atoms with Crippen molar-refractivity contribution in [3.8, 4) is 11.5 Å². The first-order valence-electron chi connectivity index (χ1n) is 8.97. The van der Waals surface area contributed by atoms with Crippen LogP contribution in [0.4, 0.5) is 0 Å². The van der Waals surface area contributed by atoms with Gasteiger partial charge in [-0.2, -0.15) is 0 Å². The molecule has 1 aromatic carbocycles. The van der Waals surface area contributed by atoms with E-state index < -0.39 is 0 Å². The average molecular weight is 360 g/mol. The van der Waals surface area contributed by atoms with Gasteiger partial charge in [0.05, 0.1) is 6.54 Å². The number of hydrogen-bond donors (Lipinski definition) is 3. The predicted molar refractivity (Wildman–Crippen MR) is 101 cm³/mol. The number of carbonyl (C=O) groups is 1. The van der Waals surface area contributed by atoms with Crippen LogP contribution in [-0.4, -0.2) is 44.3 Å². The third-order valence-corrected chi connectivity index (χ3v) is 4.59. The molecule has 0 atom stereocenters. The molecule has 0 aromatic heterocycles. The SMILES string of the molecule is CN=C(NCC(=O)NC(C)(C)C)NCC1(c2ccc3c(c2)OCO3)CC1. The van der Waals surface area contributed by atoms with Crippen molar-refractivity contribution in [2.45, 2.75) is 44.6 Å².